The van der Waals surface area contributed by atoms with Gasteiger partial charge in [-0.3, -0.25) is 0 Å². The van der Waals surface area contributed by atoms with E-state index >= 15 is 0 Å². The van der Waals surface area contributed by atoms with E-state index in [-0.39, 0.29) is 35.5 Å². The number of halogens is 1. The van der Waals surface area contributed by atoms with Crippen molar-refractivity contribution < 1.29 is 48.1 Å². The number of fused-ring (bicyclic) bond motifs is 5. The molecular formula is C23H28INO4. The smallest absolute Gasteiger partial charge is 0.169 e. The molecule has 0 bridgehead atoms. The molecule has 3 aromatic rings. The first-order valence-electron chi connectivity index (χ1n) is 9.80. The van der Waals surface area contributed by atoms with Crippen molar-refractivity contribution in [2.75, 3.05) is 34.4 Å². The van der Waals surface area contributed by atoms with Crippen LogP contribution in [0.25, 0.3) is 21.5 Å². The summed E-state index contributed by atoms with van der Waals surface area (Å²) in [7, 11) is 5.39. The number of aromatic hydroxyl groups is 2. The van der Waals surface area contributed by atoms with Gasteiger partial charge in [0.25, 0.3) is 0 Å². The molecule has 0 aromatic heterocycles. The van der Waals surface area contributed by atoms with Gasteiger partial charge >= 0.3 is 0 Å². The number of phenolic OH excluding ortho intramolecular Hbond substituents is 2. The van der Waals surface area contributed by atoms with Gasteiger partial charge in [-0.25, -0.2) is 0 Å². The van der Waals surface area contributed by atoms with Gasteiger partial charge in [0, 0.05) is 11.8 Å². The summed E-state index contributed by atoms with van der Waals surface area (Å²) in [5.41, 5.74) is 2.20. The molecule has 0 amide bonds. The topological polar surface area (TPSA) is 58.9 Å². The van der Waals surface area contributed by atoms with Crippen LogP contribution in [0.2, 0.25) is 0 Å². The lowest BCUT2D eigenvalue weighted by molar-refractivity contribution is -0.924. The summed E-state index contributed by atoms with van der Waals surface area (Å²) in [6.07, 6.45) is 2.03. The number of rotatable bonds is 4. The predicted octanol–water partition coefficient (Wildman–Crippen LogP) is 1.34. The Morgan fingerprint density at radius 3 is 2.45 bits per heavy atom. The molecule has 29 heavy (non-hydrogen) atoms. The van der Waals surface area contributed by atoms with Crippen molar-refractivity contribution in [1.29, 1.82) is 0 Å². The Morgan fingerprint density at radius 1 is 1.03 bits per heavy atom. The van der Waals surface area contributed by atoms with E-state index in [2.05, 4.69) is 20.0 Å². The summed E-state index contributed by atoms with van der Waals surface area (Å²) in [4.78, 5) is 0. The van der Waals surface area contributed by atoms with E-state index in [1.807, 2.05) is 12.1 Å². The Bertz CT molecular complexity index is 1080. The number of methoxy groups -OCH3 is 2. The van der Waals surface area contributed by atoms with Gasteiger partial charge in [-0.2, -0.15) is 0 Å². The Kier molecular flexibility index (Phi) is 6.06. The zero-order valence-corrected chi connectivity index (χ0v) is 19.5. The first kappa shape index (κ1) is 21.8. The van der Waals surface area contributed by atoms with E-state index in [0.29, 0.717) is 11.5 Å². The van der Waals surface area contributed by atoms with E-state index in [4.69, 9.17) is 9.47 Å². The first-order valence-corrected chi connectivity index (χ1v) is 9.80. The van der Waals surface area contributed by atoms with E-state index in [1.54, 1.807) is 13.2 Å². The number of nitrogens with zero attached hydrogens (tertiary/aromatic N) is 1. The van der Waals surface area contributed by atoms with Crippen molar-refractivity contribution in [3.8, 4) is 23.0 Å². The third-order valence-corrected chi connectivity index (χ3v) is 6.15. The van der Waals surface area contributed by atoms with Crippen molar-refractivity contribution in [2.24, 2.45) is 0 Å². The molecule has 0 fully saturated rings. The summed E-state index contributed by atoms with van der Waals surface area (Å²) in [6.45, 7) is 5.15. The Balaban J connectivity index is 0.00000240. The summed E-state index contributed by atoms with van der Waals surface area (Å²) >= 11 is 0. The van der Waals surface area contributed by atoms with Crippen LogP contribution in [0.3, 0.4) is 0 Å². The highest BCUT2D eigenvalue weighted by Crippen LogP contribution is 2.48. The second kappa shape index (κ2) is 8.07. The lowest BCUT2D eigenvalue weighted by Gasteiger charge is -2.39. The largest absolute Gasteiger partial charge is 1.00 e. The average molecular weight is 509 g/mol. The fraction of sp³-hybridized carbons (Fsp3) is 0.391. The van der Waals surface area contributed by atoms with Gasteiger partial charge in [0.05, 0.1) is 39.9 Å². The first-order chi connectivity index (χ1) is 13.4. The molecule has 156 valence electrons. The van der Waals surface area contributed by atoms with Gasteiger partial charge < -0.3 is 48.1 Å². The number of hydrogen-bond acceptors (Lipinski definition) is 4. The minimum Gasteiger partial charge on any atom is -1.00 e. The van der Waals surface area contributed by atoms with E-state index in [1.165, 1.54) is 12.7 Å². The maximum absolute atomic E-state index is 11.2. The summed E-state index contributed by atoms with van der Waals surface area (Å²) < 4.78 is 12.0. The van der Waals surface area contributed by atoms with Crippen LogP contribution < -0.4 is 33.5 Å². The van der Waals surface area contributed by atoms with Gasteiger partial charge in [0.15, 0.2) is 23.0 Å². The second-order valence-corrected chi connectivity index (χ2v) is 8.05. The molecule has 1 atom stereocenters. The van der Waals surface area contributed by atoms with Gasteiger partial charge in [0.1, 0.15) is 6.54 Å². The van der Waals surface area contributed by atoms with Gasteiger partial charge in [-0.05, 0) is 40.3 Å². The zero-order chi connectivity index (χ0) is 20.1. The zero-order valence-electron chi connectivity index (χ0n) is 17.4. The van der Waals surface area contributed by atoms with Crippen molar-refractivity contribution >= 4 is 21.5 Å². The molecule has 0 aliphatic carbocycles. The van der Waals surface area contributed by atoms with Crippen LogP contribution in [0, 0.1) is 0 Å². The molecule has 4 rings (SSSR count). The lowest BCUT2D eigenvalue weighted by atomic mass is 9.88. The number of phenols is 2. The quantitative estimate of drug-likeness (QED) is 0.317. The summed E-state index contributed by atoms with van der Waals surface area (Å²) in [6, 6.07) is 7.61. The van der Waals surface area contributed by atoms with Gasteiger partial charge in [-0.15, -0.1) is 0 Å². The Morgan fingerprint density at radius 2 is 1.79 bits per heavy atom. The van der Waals surface area contributed by atoms with E-state index < -0.39 is 0 Å². The second-order valence-electron chi connectivity index (χ2n) is 8.05. The van der Waals surface area contributed by atoms with Gasteiger partial charge in [0.2, 0.25) is 0 Å². The monoisotopic (exact) mass is 509 g/mol. The molecule has 0 radical (unpaired) electrons. The van der Waals surface area contributed by atoms with E-state index in [0.717, 1.165) is 64.1 Å². The maximum atomic E-state index is 11.2. The summed E-state index contributed by atoms with van der Waals surface area (Å²) in [5, 5.41) is 25.1. The van der Waals surface area contributed by atoms with Crippen molar-refractivity contribution in [3.05, 3.63) is 35.4 Å². The van der Waals surface area contributed by atoms with Crippen LogP contribution >= 0.6 is 0 Å². The molecule has 6 heteroatoms. The van der Waals surface area contributed by atoms with Crippen molar-refractivity contribution in [1.82, 2.24) is 0 Å². The Hall–Kier alpha value is -1.93. The molecule has 3 aromatic carbocycles. The molecule has 0 saturated carbocycles. The minimum atomic E-state index is 0. The fourth-order valence-electron chi connectivity index (χ4n) is 4.79. The highest BCUT2D eigenvalue weighted by atomic mass is 127. The average Bonchev–Trinajstić information content (AvgIpc) is 2.68. The maximum Gasteiger partial charge on any atom is 0.169 e. The number of hydrogen-bond donors (Lipinski definition) is 2. The molecule has 1 aliphatic rings. The number of ether oxygens (including phenoxy) is 2. The number of likely N-dealkylation sites (N-methyl/N-ethyl adjacent to an activating group) is 1. The lowest BCUT2D eigenvalue weighted by Crippen LogP contribution is -3.00. The van der Waals surface area contributed by atoms with Crippen LogP contribution in [0.15, 0.2) is 24.3 Å². The summed E-state index contributed by atoms with van der Waals surface area (Å²) in [5.74, 6) is 1.25. The van der Waals surface area contributed by atoms with Crippen molar-refractivity contribution in [3.63, 3.8) is 0 Å². The molecule has 0 spiro atoms. The van der Waals surface area contributed by atoms with Gasteiger partial charge in [-0.1, -0.05) is 19.1 Å². The third kappa shape index (κ3) is 3.46. The molecule has 5 nitrogen and oxygen atoms in total. The fourth-order valence-corrected chi connectivity index (χ4v) is 4.79. The molecule has 1 aliphatic heterocycles. The number of benzene rings is 3. The van der Waals surface area contributed by atoms with Crippen LogP contribution in [-0.4, -0.2) is 49.1 Å². The predicted molar refractivity (Wildman–Crippen MR) is 112 cm³/mol. The van der Waals surface area contributed by atoms with Crippen LogP contribution in [0.1, 0.15) is 24.5 Å². The number of quaternary nitrogens is 1. The molecular weight excluding hydrogens is 481 g/mol. The Labute approximate surface area is 188 Å². The standard InChI is InChI=1S/C23H27NO4.HI/c1-5-9-24(2)10-8-15-16-7-6-14-11-19(25)20(27-3)12-17(14)21(16)23(28-4)22(26)18(15)13-24;/h6-7,11-12H,5,8-10,13H2,1-4H3,(H-,25,26);1H. The van der Waals surface area contributed by atoms with Crippen LogP contribution in [-0.2, 0) is 13.0 Å². The molecule has 2 N–H and O–H groups in total. The molecule has 1 heterocycles. The van der Waals surface area contributed by atoms with Crippen LogP contribution in [0.4, 0.5) is 0 Å². The van der Waals surface area contributed by atoms with E-state index in [9.17, 15) is 10.2 Å². The SMILES string of the molecule is CCC[N+]1(C)CCc2c(c(O)c(OC)c3c2ccc2cc(O)c(OC)cc23)C1.[I-]. The minimum absolute atomic E-state index is 0. The molecule has 0 saturated heterocycles. The normalized spacial score (nSPS) is 18.3. The highest BCUT2D eigenvalue weighted by Gasteiger charge is 2.33. The third-order valence-electron chi connectivity index (χ3n) is 6.15. The highest BCUT2D eigenvalue weighted by molar-refractivity contribution is 6.14. The van der Waals surface area contributed by atoms with Crippen molar-refractivity contribution in [2.45, 2.75) is 26.3 Å². The van der Waals surface area contributed by atoms with Crippen LogP contribution in [0.5, 0.6) is 23.0 Å². The molecule has 1 unspecified atom stereocenters.